The predicted octanol–water partition coefficient (Wildman–Crippen LogP) is 0.908. The molecule has 2 nitrogen and oxygen atoms in total. The van der Waals surface area contributed by atoms with Crippen molar-refractivity contribution in [3.63, 3.8) is 0 Å². The van der Waals surface area contributed by atoms with Crippen LogP contribution >= 0.6 is 34.2 Å². The molecule has 0 fully saturated rings. The molecule has 0 aliphatic carbocycles. The molecule has 0 aliphatic rings. The number of rotatable bonds is 3. The van der Waals surface area contributed by atoms with E-state index in [4.69, 9.17) is 11.6 Å². The standard InChI is InChI=1S/C3H6ClIO2S/c4-1-3(5)2-8(6)7/h3H,1-2H2,(H,6,7)/p-1. The van der Waals surface area contributed by atoms with Crippen molar-refractivity contribution >= 4 is 45.3 Å². The second-order valence-electron chi connectivity index (χ2n) is 1.22. The molecule has 0 saturated carbocycles. The fourth-order valence-corrected chi connectivity index (χ4v) is 1.72. The molecule has 0 saturated heterocycles. The van der Waals surface area contributed by atoms with E-state index in [-0.39, 0.29) is 9.68 Å². The van der Waals surface area contributed by atoms with Gasteiger partial charge in [0.1, 0.15) is 0 Å². The van der Waals surface area contributed by atoms with Crippen LogP contribution < -0.4 is 0 Å². The monoisotopic (exact) mass is 267 g/mol. The normalized spacial score (nSPS) is 17.9. The Hall–Kier alpha value is 1.13. The van der Waals surface area contributed by atoms with Gasteiger partial charge in [-0.1, -0.05) is 33.7 Å². The number of hydrogen-bond donors (Lipinski definition) is 0. The minimum absolute atomic E-state index is 0.0487. The van der Waals surface area contributed by atoms with Crippen LogP contribution in [0.1, 0.15) is 0 Å². The smallest absolute Gasteiger partial charge is 0.0350 e. The van der Waals surface area contributed by atoms with Crippen molar-refractivity contribution < 1.29 is 8.76 Å². The summed E-state index contributed by atoms with van der Waals surface area (Å²) >= 11 is 5.37. The molecule has 0 bridgehead atoms. The molecule has 0 N–H and O–H groups in total. The van der Waals surface area contributed by atoms with Gasteiger partial charge in [0.25, 0.3) is 0 Å². The Morgan fingerprint density at radius 1 is 1.88 bits per heavy atom. The molecule has 0 aromatic rings. The predicted molar refractivity (Wildman–Crippen MR) is 42.3 cm³/mol. The zero-order valence-electron chi connectivity index (χ0n) is 3.97. The second-order valence-corrected chi connectivity index (χ2v) is 4.23. The first kappa shape index (κ1) is 9.13. The Labute approximate surface area is 69.4 Å². The molecule has 2 unspecified atom stereocenters. The van der Waals surface area contributed by atoms with E-state index in [0.29, 0.717) is 5.88 Å². The first-order valence-electron chi connectivity index (χ1n) is 1.92. The minimum atomic E-state index is -1.94. The highest BCUT2D eigenvalue weighted by Gasteiger charge is 1.99. The molecule has 0 spiro atoms. The van der Waals surface area contributed by atoms with E-state index in [2.05, 4.69) is 0 Å². The number of hydrogen-bond acceptors (Lipinski definition) is 2. The largest absolute Gasteiger partial charge is 0.772 e. The minimum Gasteiger partial charge on any atom is -0.772 e. The highest BCUT2D eigenvalue weighted by molar-refractivity contribution is 14.1. The van der Waals surface area contributed by atoms with Crippen LogP contribution in [0.15, 0.2) is 0 Å². The van der Waals surface area contributed by atoms with Crippen LogP contribution in [-0.4, -0.2) is 24.3 Å². The fraction of sp³-hybridized carbons (Fsp3) is 1.00. The maximum atomic E-state index is 9.91. The van der Waals surface area contributed by atoms with Crippen molar-refractivity contribution in [1.29, 1.82) is 0 Å². The quantitative estimate of drug-likeness (QED) is 0.433. The second kappa shape index (κ2) is 4.96. The zero-order valence-corrected chi connectivity index (χ0v) is 7.70. The number of halogens is 2. The highest BCUT2D eigenvalue weighted by atomic mass is 127. The van der Waals surface area contributed by atoms with E-state index < -0.39 is 11.1 Å². The Bertz CT molecular complexity index is 89.4. The van der Waals surface area contributed by atoms with Gasteiger partial charge in [0.2, 0.25) is 0 Å². The first-order valence-corrected chi connectivity index (χ1v) is 4.95. The fourth-order valence-electron chi connectivity index (χ4n) is 0.192. The average Bonchev–Trinajstić information content (AvgIpc) is 1.65. The van der Waals surface area contributed by atoms with E-state index in [1.54, 1.807) is 0 Å². The summed E-state index contributed by atoms with van der Waals surface area (Å²) in [5, 5.41) is 0. The van der Waals surface area contributed by atoms with Crippen LogP contribution in [0.4, 0.5) is 0 Å². The number of alkyl halides is 2. The summed E-state index contributed by atoms with van der Waals surface area (Å²) in [6.45, 7) is 0. The van der Waals surface area contributed by atoms with E-state index >= 15 is 0 Å². The van der Waals surface area contributed by atoms with Gasteiger partial charge >= 0.3 is 0 Å². The van der Waals surface area contributed by atoms with Crippen molar-refractivity contribution in [3.8, 4) is 0 Å². The van der Waals surface area contributed by atoms with Crippen LogP contribution in [0.5, 0.6) is 0 Å². The molecule has 0 heterocycles. The molecule has 0 radical (unpaired) electrons. The van der Waals surface area contributed by atoms with Crippen molar-refractivity contribution in [2.75, 3.05) is 11.6 Å². The summed E-state index contributed by atoms with van der Waals surface area (Å²) < 4.78 is 19.9. The van der Waals surface area contributed by atoms with Gasteiger partial charge in [-0.2, -0.15) is 0 Å². The van der Waals surface area contributed by atoms with E-state index in [9.17, 15) is 8.76 Å². The summed E-state index contributed by atoms with van der Waals surface area (Å²) in [5.41, 5.74) is 0. The Kier molecular flexibility index (Phi) is 5.66. The molecule has 0 amide bonds. The molecule has 8 heavy (non-hydrogen) atoms. The van der Waals surface area contributed by atoms with Crippen LogP contribution in [0, 0.1) is 0 Å². The third-order valence-corrected chi connectivity index (χ3v) is 3.53. The van der Waals surface area contributed by atoms with Gasteiger partial charge in [-0.25, -0.2) is 0 Å². The SMILES string of the molecule is O=S([O-])CC(I)CCl. The van der Waals surface area contributed by atoms with Gasteiger partial charge in [0.05, 0.1) is 0 Å². The van der Waals surface area contributed by atoms with Crippen LogP contribution in [-0.2, 0) is 11.1 Å². The molecular weight excluding hydrogens is 262 g/mol. The summed E-state index contributed by atoms with van der Waals surface area (Å²) in [5.74, 6) is 0.554. The summed E-state index contributed by atoms with van der Waals surface area (Å²) in [7, 11) is 0. The molecule has 0 aromatic heterocycles. The van der Waals surface area contributed by atoms with E-state index in [1.165, 1.54) is 0 Å². The molecule has 2 atom stereocenters. The van der Waals surface area contributed by atoms with E-state index in [0.717, 1.165) is 0 Å². The third-order valence-electron chi connectivity index (χ3n) is 0.484. The summed E-state index contributed by atoms with van der Waals surface area (Å²) in [6, 6.07) is 0. The lowest BCUT2D eigenvalue weighted by atomic mass is 10.6. The van der Waals surface area contributed by atoms with Gasteiger partial charge in [0.15, 0.2) is 0 Å². The maximum absolute atomic E-state index is 9.91. The van der Waals surface area contributed by atoms with Crippen molar-refractivity contribution in [1.82, 2.24) is 0 Å². The maximum Gasteiger partial charge on any atom is 0.0350 e. The van der Waals surface area contributed by atoms with Gasteiger partial charge in [-0.05, 0) is 0 Å². The zero-order chi connectivity index (χ0) is 6.57. The molecule has 0 aliphatic heterocycles. The summed E-state index contributed by atoms with van der Waals surface area (Å²) in [6.07, 6.45) is 0. The third kappa shape index (κ3) is 5.27. The van der Waals surface area contributed by atoms with Gasteiger partial charge < -0.3 is 4.55 Å². The molecule has 0 aromatic carbocycles. The van der Waals surface area contributed by atoms with Crippen molar-refractivity contribution in [2.45, 2.75) is 3.92 Å². The Morgan fingerprint density at radius 3 is 2.50 bits per heavy atom. The molecule has 50 valence electrons. The van der Waals surface area contributed by atoms with Crippen LogP contribution in [0.25, 0.3) is 0 Å². The van der Waals surface area contributed by atoms with Crippen molar-refractivity contribution in [2.24, 2.45) is 0 Å². The lowest BCUT2D eigenvalue weighted by Crippen LogP contribution is -2.10. The molecule has 0 rings (SSSR count). The lowest BCUT2D eigenvalue weighted by molar-refractivity contribution is 0.537. The highest BCUT2D eigenvalue weighted by Crippen LogP contribution is 2.02. The Morgan fingerprint density at radius 2 is 2.38 bits per heavy atom. The lowest BCUT2D eigenvalue weighted by Gasteiger charge is -2.06. The van der Waals surface area contributed by atoms with Gasteiger partial charge in [0, 0.05) is 15.6 Å². The van der Waals surface area contributed by atoms with Gasteiger partial charge in [-0.15, -0.1) is 11.6 Å². The van der Waals surface area contributed by atoms with Gasteiger partial charge in [-0.3, -0.25) is 4.21 Å². The first-order chi connectivity index (χ1) is 3.66. The average molecular weight is 267 g/mol. The topological polar surface area (TPSA) is 40.1 Å². The summed E-state index contributed by atoms with van der Waals surface area (Å²) in [4.78, 5) is 0. The molecule has 5 heteroatoms. The van der Waals surface area contributed by atoms with Crippen LogP contribution in [0.3, 0.4) is 0 Å². The van der Waals surface area contributed by atoms with Crippen LogP contribution in [0.2, 0.25) is 0 Å². The Balaban J connectivity index is 3.24. The molecular formula is C3H5ClIO2S-. The van der Waals surface area contributed by atoms with E-state index in [1.807, 2.05) is 22.6 Å². The van der Waals surface area contributed by atoms with Crippen molar-refractivity contribution in [3.05, 3.63) is 0 Å².